The number of halogens is 1. The Balaban J connectivity index is 3.09. The molecule has 0 unspecified atom stereocenters. The average molecular weight is 288 g/mol. The van der Waals surface area contributed by atoms with Gasteiger partial charge in [-0.15, -0.1) is 0 Å². The van der Waals surface area contributed by atoms with E-state index in [1.54, 1.807) is 25.1 Å². The molecule has 1 aromatic carbocycles. The predicted molar refractivity (Wildman–Crippen MR) is 73.1 cm³/mol. The molecule has 0 saturated heterocycles. The number of hydrogen-bond donors (Lipinski definition) is 2. The standard InChI is InChI=1S/C12H14ClNO3S/c1-2-18(16,17)14-12-7-6-11(13)9-10(12)5-3-4-8-15/h6-7,9,14-15H,2,4,8H2,1H3. The zero-order chi connectivity index (χ0) is 13.6. The predicted octanol–water partition coefficient (Wildman–Crippen LogP) is 1.84. The lowest BCUT2D eigenvalue weighted by Crippen LogP contribution is -2.15. The molecule has 98 valence electrons. The summed E-state index contributed by atoms with van der Waals surface area (Å²) in [4.78, 5) is 0. The Morgan fingerprint density at radius 3 is 2.78 bits per heavy atom. The number of aliphatic hydroxyl groups excluding tert-OH is 1. The first kappa shape index (κ1) is 14.8. The molecule has 4 nitrogen and oxygen atoms in total. The van der Waals surface area contributed by atoms with E-state index in [0.717, 1.165) is 0 Å². The molecule has 0 heterocycles. The zero-order valence-corrected chi connectivity index (χ0v) is 11.5. The molecule has 0 aliphatic rings. The van der Waals surface area contributed by atoms with Crippen LogP contribution in [0.5, 0.6) is 0 Å². The Morgan fingerprint density at radius 1 is 1.44 bits per heavy atom. The average Bonchev–Trinajstić information content (AvgIpc) is 2.33. The van der Waals surface area contributed by atoms with Crippen LogP contribution in [0.1, 0.15) is 18.9 Å². The Kier molecular flexibility index (Phi) is 5.48. The van der Waals surface area contributed by atoms with Gasteiger partial charge >= 0.3 is 0 Å². The highest BCUT2D eigenvalue weighted by Gasteiger charge is 2.09. The molecule has 0 aromatic heterocycles. The van der Waals surface area contributed by atoms with Crippen LogP contribution in [0.3, 0.4) is 0 Å². The van der Waals surface area contributed by atoms with Crippen molar-refractivity contribution in [3.8, 4) is 11.8 Å². The van der Waals surface area contributed by atoms with Crippen molar-refractivity contribution in [1.82, 2.24) is 0 Å². The van der Waals surface area contributed by atoms with E-state index in [9.17, 15) is 8.42 Å². The van der Waals surface area contributed by atoms with Crippen molar-refractivity contribution in [2.75, 3.05) is 17.1 Å². The molecule has 6 heteroatoms. The summed E-state index contributed by atoms with van der Waals surface area (Å²) in [7, 11) is -3.35. The van der Waals surface area contributed by atoms with Crippen LogP contribution >= 0.6 is 11.6 Å². The summed E-state index contributed by atoms with van der Waals surface area (Å²) < 4.78 is 25.4. The smallest absolute Gasteiger partial charge is 0.232 e. The topological polar surface area (TPSA) is 66.4 Å². The third-order valence-corrected chi connectivity index (χ3v) is 3.61. The molecule has 0 fully saturated rings. The second-order valence-electron chi connectivity index (χ2n) is 3.47. The van der Waals surface area contributed by atoms with Crippen molar-refractivity contribution in [3.05, 3.63) is 28.8 Å². The number of hydrogen-bond acceptors (Lipinski definition) is 3. The van der Waals surface area contributed by atoms with E-state index in [4.69, 9.17) is 16.7 Å². The summed E-state index contributed by atoms with van der Waals surface area (Å²) in [6.07, 6.45) is 0.326. The minimum absolute atomic E-state index is 0.0147. The molecule has 0 amide bonds. The lowest BCUT2D eigenvalue weighted by atomic mass is 10.2. The van der Waals surface area contributed by atoms with Crippen molar-refractivity contribution in [3.63, 3.8) is 0 Å². The number of aliphatic hydroxyl groups is 1. The number of nitrogens with one attached hydrogen (secondary N) is 1. The van der Waals surface area contributed by atoms with E-state index in [1.165, 1.54) is 0 Å². The van der Waals surface area contributed by atoms with Crippen LogP contribution in [0.4, 0.5) is 5.69 Å². The maximum absolute atomic E-state index is 11.5. The normalized spacial score (nSPS) is 10.6. The number of anilines is 1. The minimum atomic E-state index is -3.35. The van der Waals surface area contributed by atoms with E-state index >= 15 is 0 Å². The first-order valence-electron chi connectivity index (χ1n) is 5.38. The van der Waals surface area contributed by atoms with Crippen molar-refractivity contribution in [2.45, 2.75) is 13.3 Å². The molecule has 0 atom stereocenters. The molecular weight excluding hydrogens is 274 g/mol. The van der Waals surface area contributed by atoms with Gasteiger partial charge in [-0.2, -0.15) is 0 Å². The number of benzene rings is 1. The SMILES string of the molecule is CCS(=O)(=O)Nc1ccc(Cl)cc1C#CCCO. The van der Waals surface area contributed by atoms with Crippen LogP contribution in [0.25, 0.3) is 0 Å². The van der Waals surface area contributed by atoms with E-state index < -0.39 is 10.0 Å². The van der Waals surface area contributed by atoms with Gasteiger partial charge in [0.1, 0.15) is 0 Å². The zero-order valence-electron chi connectivity index (χ0n) is 9.90. The molecule has 18 heavy (non-hydrogen) atoms. The Morgan fingerprint density at radius 2 is 2.17 bits per heavy atom. The summed E-state index contributed by atoms with van der Waals surface area (Å²) in [5.41, 5.74) is 0.889. The summed E-state index contributed by atoms with van der Waals surface area (Å²) in [5, 5.41) is 9.13. The molecule has 0 bridgehead atoms. The van der Waals surface area contributed by atoms with Gasteiger partial charge in [0.2, 0.25) is 10.0 Å². The molecule has 0 spiro atoms. The van der Waals surface area contributed by atoms with Gasteiger partial charge in [-0.05, 0) is 25.1 Å². The van der Waals surface area contributed by atoms with E-state index in [-0.39, 0.29) is 12.4 Å². The molecule has 0 aliphatic carbocycles. The second-order valence-corrected chi connectivity index (χ2v) is 5.92. The van der Waals surface area contributed by atoms with E-state index in [0.29, 0.717) is 22.7 Å². The van der Waals surface area contributed by atoms with Crippen LogP contribution < -0.4 is 4.72 Å². The van der Waals surface area contributed by atoms with E-state index in [2.05, 4.69) is 16.6 Å². The summed E-state index contributed by atoms with van der Waals surface area (Å²) in [6, 6.07) is 4.74. The number of rotatable bonds is 4. The minimum Gasteiger partial charge on any atom is -0.395 e. The lowest BCUT2D eigenvalue weighted by Gasteiger charge is -2.08. The molecular formula is C12H14ClNO3S. The Bertz CT molecular complexity index is 573. The first-order chi connectivity index (χ1) is 8.48. The van der Waals surface area contributed by atoms with Crippen LogP contribution in [-0.4, -0.2) is 25.9 Å². The van der Waals surface area contributed by atoms with Crippen LogP contribution in [0.2, 0.25) is 5.02 Å². The summed E-state index contributed by atoms with van der Waals surface area (Å²) >= 11 is 5.84. The first-order valence-corrected chi connectivity index (χ1v) is 7.41. The lowest BCUT2D eigenvalue weighted by molar-refractivity contribution is 0.305. The molecule has 0 aliphatic heterocycles. The summed E-state index contributed by atoms with van der Waals surface area (Å²) in [5.74, 6) is 5.49. The summed E-state index contributed by atoms with van der Waals surface area (Å²) in [6.45, 7) is 1.51. The van der Waals surface area contributed by atoms with Crippen LogP contribution in [0, 0.1) is 11.8 Å². The van der Waals surface area contributed by atoms with Crippen molar-refractivity contribution in [1.29, 1.82) is 0 Å². The highest BCUT2D eigenvalue weighted by molar-refractivity contribution is 7.92. The monoisotopic (exact) mass is 287 g/mol. The van der Waals surface area contributed by atoms with Crippen LogP contribution in [0.15, 0.2) is 18.2 Å². The quantitative estimate of drug-likeness (QED) is 0.831. The van der Waals surface area contributed by atoms with Gasteiger partial charge in [-0.25, -0.2) is 8.42 Å². The van der Waals surface area contributed by atoms with Gasteiger partial charge in [0.15, 0.2) is 0 Å². The van der Waals surface area contributed by atoms with Gasteiger partial charge in [-0.1, -0.05) is 23.4 Å². The van der Waals surface area contributed by atoms with E-state index in [1.807, 2.05) is 0 Å². The highest BCUT2D eigenvalue weighted by atomic mass is 35.5. The molecule has 0 radical (unpaired) electrons. The third kappa shape index (κ3) is 4.57. The number of sulfonamides is 1. The highest BCUT2D eigenvalue weighted by Crippen LogP contribution is 2.21. The van der Waals surface area contributed by atoms with Gasteiger partial charge in [0, 0.05) is 11.4 Å². The van der Waals surface area contributed by atoms with Gasteiger partial charge < -0.3 is 5.11 Å². The maximum Gasteiger partial charge on any atom is 0.232 e. The van der Waals surface area contributed by atoms with Crippen LogP contribution in [-0.2, 0) is 10.0 Å². The van der Waals surface area contributed by atoms with Crippen molar-refractivity contribution in [2.24, 2.45) is 0 Å². The van der Waals surface area contributed by atoms with Crippen molar-refractivity contribution >= 4 is 27.3 Å². The maximum atomic E-state index is 11.5. The van der Waals surface area contributed by atoms with Gasteiger partial charge in [0.25, 0.3) is 0 Å². The fraction of sp³-hybridized carbons (Fsp3) is 0.333. The van der Waals surface area contributed by atoms with Crippen molar-refractivity contribution < 1.29 is 13.5 Å². The largest absolute Gasteiger partial charge is 0.395 e. The van der Waals surface area contributed by atoms with Gasteiger partial charge in [0.05, 0.1) is 23.6 Å². The molecule has 1 aromatic rings. The molecule has 2 N–H and O–H groups in total. The fourth-order valence-corrected chi connectivity index (χ4v) is 1.99. The fourth-order valence-electron chi connectivity index (χ4n) is 1.16. The molecule has 0 saturated carbocycles. The third-order valence-electron chi connectivity index (χ3n) is 2.09. The molecule has 1 rings (SSSR count). The van der Waals surface area contributed by atoms with Gasteiger partial charge in [-0.3, -0.25) is 4.72 Å². The Labute approximate surface area is 112 Å². The Hall–Kier alpha value is -1.22. The second kappa shape index (κ2) is 6.64.